The highest BCUT2D eigenvalue weighted by atomic mass is 32.2. The molecule has 2 fully saturated rings. The zero-order chi connectivity index (χ0) is 26.4. The summed E-state index contributed by atoms with van der Waals surface area (Å²) in [7, 11) is 0. The lowest BCUT2D eigenvalue weighted by Gasteiger charge is -2.39. The number of aromatic nitrogens is 1. The molecule has 196 valence electrons. The van der Waals surface area contributed by atoms with Crippen LogP contribution >= 0.6 is 24.0 Å². The predicted octanol–water partition coefficient (Wildman–Crippen LogP) is 4.94. The number of pyridine rings is 1. The molecule has 0 radical (unpaired) electrons. The highest BCUT2D eigenvalue weighted by Crippen LogP contribution is 2.37. The maximum absolute atomic E-state index is 13.5. The van der Waals surface area contributed by atoms with Gasteiger partial charge in [0.05, 0.1) is 4.91 Å². The van der Waals surface area contributed by atoms with Crippen LogP contribution in [0.15, 0.2) is 9.70 Å². The summed E-state index contributed by atoms with van der Waals surface area (Å²) in [5.41, 5.74) is 1.30. The topological polar surface area (TPSA) is 78.6 Å². The monoisotopic (exact) mass is 530 g/mol. The van der Waals surface area contributed by atoms with Crippen LogP contribution in [0, 0.1) is 30.1 Å². The molecule has 0 aromatic carbocycles. The molecule has 1 aromatic rings. The molecular formula is C27H38N4O3S2. The second-order valence-corrected chi connectivity index (χ2v) is 11.6. The van der Waals surface area contributed by atoms with Crippen molar-refractivity contribution in [3.63, 3.8) is 0 Å². The number of thiocarbonyl (C=S) groups is 1. The molecule has 3 heterocycles. The molecule has 2 unspecified atom stereocenters. The van der Waals surface area contributed by atoms with Gasteiger partial charge < -0.3 is 9.64 Å². The van der Waals surface area contributed by atoms with Gasteiger partial charge in [0.1, 0.15) is 21.8 Å². The van der Waals surface area contributed by atoms with E-state index in [4.69, 9.17) is 17.0 Å². The normalized spacial score (nSPS) is 21.5. The molecule has 0 saturated carbocycles. The van der Waals surface area contributed by atoms with Gasteiger partial charge in [-0.25, -0.2) is 0 Å². The van der Waals surface area contributed by atoms with E-state index in [-0.39, 0.29) is 17.0 Å². The number of carbonyl (C=O) groups is 1. The van der Waals surface area contributed by atoms with Crippen molar-refractivity contribution in [1.29, 1.82) is 5.26 Å². The van der Waals surface area contributed by atoms with Crippen molar-refractivity contribution in [2.45, 2.75) is 66.8 Å². The second-order valence-electron chi connectivity index (χ2n) is 9.89. The first kappa shape index (κ1) is 28.4. The highest BCUT2D eigenvalue weighted by molar-refractivity contribution is 8.26. The molecule has 0 bridgehead atoms. The number of piperidine rings is 1. The standard InChI is InChI=1S/C27H38N4O3S2/c1-6-8-10-30-24(29-16-18(3)13-19(4)17-29)21(20(5)22(15-28)25(30)32)14-23-26(33)31(27(35)36-23)11-9-12-34-7-2/h14,18-19H,6-13,16-17H2,1-5H3/b23-14+. The predicted molar refractivity (Wildman–Crippen MR) is 151 cm³/mol. The minimum atomic E-state index is -0.245. The molecule has 0 N–H and O–H groups in total. The van der Waals surface area contributed by atoms with Crippen molar-refractivity contribution in [2.24, 2.45) is 11.8 Å². The Bertz CT molecular complexity index is 1110. The number of ether oxygens (including phenoxy) is 1. The molecular weight excluding hydrogens is 492 g/mol. The molecule has 36 heavy (non-hydrogen) atoms. The summed E-state index contributed by atoms with van der Waals surface area (Å²) in [6.07, 6.45) is 5.48. The van der Waals surface area contributed by atoms with E-state index in [9.17, 15) is 14.9 Å². The van der Waals surface area contributed by atoms with Gasteiger partial charge in [-0.15, -0.1) is 0 Å². The Balaban J connectivity index is 2.12. The van der Waals surface area contributed by atoms with Gasteiger partial charge in [0.15, 0.2) is 0 Å². The number of rotatable bonds is 10. The van der Waals surface area contributed by atoms with Crippen molar-refractivity contribution < 1.29 is 9.53 Å². The summed E-state index contributed by atoms with van der Waals surface area (Å²) in [6.45, 7) is 14.3. The fraction of sp³-hybridized carbons (Fsp3) is 0.630. The van der Waals surface area contributed by atoms with E-state index >= 15 is 0 Å². The molecule has 1 amide bonds. The van der Waals surface area contributed by atoms with E-state index in [0.717, 1.165) is 43.7 Å². The van der Waals surface area contributed by atoms with E-state index < -0.39 is 0 Å². The fourth-order valence-electron chi connectivity index (χ4n) is 5.14. The average Bonchev–Trinajstić information content (AvgIpc) is 3.09. The summed E-state index contributed by atoms with van der Waals surface area (Å²) in [5.74, 6) is 1.66. The van der Waals surface area contributed by atoms with Crippen LogP contribution in [0.1, 0.15) is 70.1 Å². The number of amides is 1. The number of thioether (sulfide) groups is 1. The Morgan fingerprint density at radius 2 is 1.86 bits per heavy atom. The van der Waals surface area contributed by atoms with Crippen LogP contribution in [0.4, 0.5) is 5.82 Å². The van der Waals surface area contributed by atoms with E-state index in [1.54, 1.807) is 9.47 Å². The van der Waals surface area contributed by atoms with Gasteiger partial charge in [-0.2, -0.15) is 5.26 Å². The maximum Gasteiger partial charge on any atom is 0.270 e. The molecule has 3 rings (SSSR count). The lowest BCUT2D eigenvalue weighted by atomic mass is 9.91. The first-order chi connectivity index (χ1) is 17.2. The lowest BCUT2D eigenvalue weighted by Crippen LogP contribution is -2.43. The third-order valence-corrected chi connectivity index (χ3v) is 8.15. The van der Waals surface area contributed by atoms with Crippen molar-refractivity contribution in [3.8, 4) is 6.07 Å². The van der Waals surface area contributed by atoms with Gasteiger partial charge in [-0.1, -0.05) is 51.2 Å². The minimum absolute atomic E-state index is 0.128. The lowest BCUT2D eigenvalue weighted by molar-refractivity contribution is -0.122. The van der Waals surface area contributed by atoms with Gasteiger partial charge in [0.2, 0.25) is 0 Å². The zero-order valence-electron chi connectivity index (χ0n) is 22.1. The van der Waals surface area contributed by atoms with Crippen molar-refractivity contribution in [2.75, 3.05) is 37.7 Å². The SMILES string of the molecule is CCCCn1c(N2CC(C)CC(C)C2)c(/C=C2/SC(=S)N(CCCOCC)C2=O)c(C)c(C#N)c1=O. The minimum Gasteiger partial charge on any atom is -0.382 e. The van der Waals surface area contributed by atoms with E-state index in [1.165, 1.54) is 11.8 Å². The van der Waals surface area contributed by atoms with E-state index in [2.05, 4.69) is 31.7 Å². The summed E-state index contributed by atoms with van der Waals surface area (Å²) in [5, 5.41) is 9.89. The Labute approximate surface area is 224 Å². The molecule has 1 aromatic heterocycles. The number of nitrogens with zero attached hydrogens (tertiary/aromatic N) is 4. The Morgan fingerprint density at radius 3 is 2.47 bits per heavy atom. The Morgan fingerprint density at radius 1 is 1.17 bits per heavy atom. The molecule has 0 spiro atoms. The number of carbonyl (C=O) groups excluding carboxylic acids is 1. The Kier molecular flexibility index (Phi) is 10.2. The second kappa shape index (κ2) is 12.9. The summed E-state index contributed by atoms with van der Waals surface area (Å²) >= 11 is 6.82. The van der Waals surface area contributed by atoms with Crippen LogP contribution in [0.3, 0.4) is 0 Å². The number of unbranched alkanes of at least 4 members (excludes halogenated alkanes) is 1. The van der Waals surface area contributed by atoms with Crippen LogP contribution in [0.2, 0.25) is 0 Å². The molecule has 2 atom stereocenters. The summed E-state index contributed by atoms with van der Waals surface area (Å²) in [4.78, 5) is 31.2. The molecule has 0 aliphatic carbocycles. The quantitative estimate of drug-likeness (QED) is 0.241. The number of hydrogen-bond donors (Lipinski definition) is 0. The van der Waals surface area contributed by atoms with Crippen molar-refractivity contribution >= 4 is 46.1 Å². The number of hydrogen-bond acceptors (Lipinski definition) is 7. The zero-order valence-corrected chi connectivity index (χ0v) is 23.8. The van der Waals surface area contributed by atoms with Crippen LogP contribution in [0.25, 0.3) is 6.08 Å². The van der Waals surface area contributed by atoms with Gasteiger partial charge in [-0.3, -0.25) is 19.1 Å². The molecule has 2 aliphatic rings. The summed E-state index contributed by atoms with van der Waals surface area (Å²) < 4.78 is 7.72. The summed E-state index contributed by atoms with van der Waals surface area (Å²) in [6, 6.07) is 2.14. The van der Waals surface area contributed by atoms with Crippen LogP contribution in [0.5, 0.6) is 0 Å². The van der Waals surface area contributed by atoms with Gasteiger partial charge in [0.25, 0.3) is 11.5 Å². The van der Waals surface area contributed by atoms with Crippen LogP contribution in [-0.4, -0.2) is 52.5 Å². The van der Waals surface area contributed by atoms with Gasteiger partial charge in [0, 0.05) is 45.0 Å². The van der Waals surface area contributed by atoms with Crippen molar-refractivity contribution in [3.05, 3.63) is 31.9 Å². The van der Waals surface area contributed by atoms with Gasteiger partial charge in [-0.05, 0) is 56.6 Å². The third kappa shape index (κ3) is 6.21. The van der Waals surface area contributed by atoms with Crippen LogP contribution in [-0.2, 0) is 16.1 Å². The molecule has 9 heteroatoms. The molecule has 7 nitrogen and oxygen atoms in total. The highest BCUT2D eigenvalue weighted by Gasteiger charge is 2.34. The van der Waals surface area contributed by atoms with Crippen molar-refractivity contribution in [1.82, 2.24) is 9.47 Å². The van der Waals surface area contributed by atoms with Crippen LogP contribution < -0.4 is 10.5 Å². The first-order valence-corrected chi connectivity index (χ1v) is 14.2. The third-order valence-electron chi connectivity index (χ3n) is 6.77. The number of nitriles is 1. The Hall–Kier alpha value is -2.15. The van der Waals surface area contributed by atoms with E-state index in [1.807, 2.05) is 19.9 Å². The smallest absolute Gasteiger partial charge is 0.270 e. The largest absolute Gasteiger partial charge is 0.382 e. The molecule has 2 saturated heterocycles. The average molecular weight is 531 g/mol. The van der Waals surface area contributed by atoms with E-state index in [0.29, 0.717) is 59.3 Å². The first-order valence-electron chi connectivity index (χ1n) is 13.0. The molecule has 2 aliphatic heterocycles. The maximum atomic E-state index is 13.5. The van der Waals surface area contributed by atoms with Gasteiger partial charge >= 0.3 is 0 Å². The number of anilines is 1. The fourth-order valence-corrected chi connectivity index (χ4v) is 6.43.